The van der Waals surface area contributed by atoms with E-state index in [0.29, 0.717) is 6.04 Å². The van der Waals surface area contributed by atoms with E-state index in [4.69, 9.17) is 5.73 Å². The standard InChI is InChI=1S/C8H17N3O/c1-10-5-3-4-7(10)6-11(2)8(9)12/h7H,3-6H2,1-2H3,(H2,9,12). The van der Waals surface area contributed by atoms with Gasteiger partial charge < -0.3 is 15.5 Å². The third-order valence-corrected chi connectivity index (χ3v) is 2.53. The fraction of sp³-hybridized carbons (Fsp3) is 0.875. The molecule has 0 spiro atoms. The fourth-order valence-electron chi connectivity index (χ4n) is 1.62. The Labute approximate surface area is 73.3 Å². The van der Waals surface area contributed by atoms with Crippen molar-refractivity contribution in [2.45, 2.75) is 18.9 Å². The minimum absolute atomic E-state index is 0.338. The molecule has 1 aliphatic heterocycles. The highest BCUT2D eigenvalue weighted by Gasteiger charge is 2.22. The molecule has 1 fully saturated rings. The van der Waals surface area contributed by atoms with Crippen LogP contribution in [0.4, 0.5) is 4.79 Å². The Bertz CT molecular complexity index is 172. The number of carbonyl (C=O) groups is 1. The van der Waals surface area contributed by atoms with Crippen molar-refractivity contribution in [3.8, 4) is 0 Å². The SMILES string of the molecule is CN(CC1CCCN1C)C(N)=O. The van der Waals surface area contributed by atoms with E-state index < -0.39 is 0 Å². The maximum atomic E-state index is 10.7. The molecule has 1 aliphatic rings. The zero-order chi connectivity index (χ0) is 9.14. The molecule has 0 bridgehead atoms. The molecular formula is C8H17N3O. The third kappa shape index (κ3) is 2.11. The van der Waals surface area contributed by atoms with E-state index >= 15 is 0 Å². The molecular weight excluding hydrogens is 154 g/mol. The van der Waals surface area contributed by atoms with Crippen LogP contribution in [0.15, 0.2) is 0 Å². The highest BCUT2D eigenvalue weighted by molar-refractivity contribution is 5.71. The quantitative estimate of drug-likeness (QED) is 0.640. The number of nitrogens with zero attached hydrogens (tertiary/aromatic N) is 2. The number of hydrogen-bond donors (Lipinski definition) is 1. The van der Waals surface area contributed by atoms with Crippen LogP contribution in [0.2, 0.25) is 0 Å². The second kappa shape index (κ2) is 3.76. The van der Waals surface area contributed by atoms with Crippen molar-refractivity contribution in [1.82, 2.24) is 9.80 Å². The van der Waals surface area contributed by atoms with Gasteiger partial charge in [-0.05, 0) is 26.4 Å². The Morgan fingerprint density at radius 1 is 1.75 bits per heavy atom. The Kier molecular flexibility index (Phi) is 2.92. The summed E-state index contributed by atoms with van der Waals surface area (Å²) in [6, 6.07) is 0.165. The van der Waals surface area contributed by atoms with Crippen molar-refractivity contribution in [1.29, 1.82) is 0 Å². The summed E-state index contributed by atoms with van der Waals surface area (Å²) in [5.74, 6) is 0. The number of urea groups is 1. The number of nitrogens with two attached hydrogens (primary N) is 1. The van der Waals surface area contributed by atoms with Gasteiger partial charge in [0.25, 0.3) is 0 Å². The summed E-state index contributed by atoms with van der Waals surface area (Å²) in [6.45, 7) is 1.89. The fourth-order valence-corrected chi connectivity index (χ4v) is 1.62. The molecule has 1 atom stereocenters. The molecule has 1 rings (SSSR count). The van der Waals surface area contributed by atoms with E-state index in [1.54, 1.807) is 11.9 Å². The number of likely N-dealkylation sites (tertiary alicyclic amines) is 1. The van der Waals surface area contributed by atoms with Gasteiger partial charge in [0.1, 0.15) is 0 Å². The highest BCUT2D eigenvalue weighted by atomic mass is 16.2. The van der Waals surface area contributed by atoms with Crippen molar-refractivity contribution >= 4 is 6.03 Å². The molecule has 4 nitrogen and oxygen atoms in total. The molecule has 2 N–H and O–H groups in total. The zero-order valence-corrected chi connectivity index (χ0v) is 7.79. The van der Waals surface area contributed by atoms with Crippen molar-refractivity contribution in [2.75, 3.05) is 27.2 Å². The Balaban J connectivity index is 2.35. The summed E-state index contributed by atoms with van der Waals surface area (Å²) in [5.41, 5.74) is 5.13. The summed E-state index contributed by atoms with van der Waals surface area (Å²) in [4.78, 5) is 14.6. The average molecular weight is 171 g/mol. The van der Waals surface area contributed by atoms with Crippen LogP contribution in [-0.4, -0.2) is 49.1 Å². The molecule has 0 aromatic heterocycles. The van der Waals surface area contributed by atoms with E-state index in [2.05, 4.69) is 11.9 Å². The molecule has 0 aromatic carbocycles. The number of rotatable bonds is 2. The van der Waals surface area contributed by atoms with E-state index in [1.807, 2.05) is 0 Å². The van der Waals surface area contributed by atoms with Crippen LogP contribution < -0.4 is 5.73 Å². The first-order chi connectivity index (χ1) is 5.61. The van der Waals surface area contributed by atoms with Gasteiger partial charge in [-0.25, -0.2) is 4.79 Å². The van der Waals surface area contributed by atoms with E-state index in [0.717, 1.165) is 13.1 Å². The van der Waals surface area contributed by atoms with Gasteiger partial charge in [0.05, 0.1) is 0 Å². The molecule has 2 amide bonds. The molecule has 70 valence electrons. The predicted octanol–water partition coefficient (Wildman–Crippen LogP) is 0.0911. The Morgan fingerprint density at radius 2 is 2.42 bits per heavy atom. The molecule has 0 saturated carbocycles. The monoisotopic (exact) mass is 171 g/mol. The summed E-state index contributed by atoms with van der Waals surface area (Å²) in [6.07, 6.45) is 2.40. The summed E-state index contributed by atoms with van der Waals surface area (Å²) in [7, 11) is 3.83. The van der Waals surface area contributed by atoms with Crippen LogP contribution in [0.25, 0.3) is 0 Å². The van der Waals surface area contributed by atoms with Gasteiger partial charge in [0.2, 0.25) is 0 Å². The number of hydrogen-bond acceptors (Lipinski definition) is 2. The van der Waals surface area contributed by atoms with Crippen LogP contribution in [0, 0.1) is 0 Å². The molecule has 1 unspecified atom stereocenters. The van der Waals surface area contributed by atoms with Crippen LogP contribution in [0.5, 0.6) is 0 Å². The highest BCUT2D eigenvalue weighted by Crippen LogP contribution is 2.14. The first kappa shape index (κ1) is 9.32. The minimum atomic E-state index is -0.338. The maximum Gasteiger partial charge on any atom is 0.314 e. The first-order valence-electron chi connectivity index (χ1n) is 4.32. The van der Waals surface area contributed by atoms with Crippen molar-refractivity contribution in [2.24, 2.45) is 5.73 Å². The number of amides is 2. The van der Waals surface area contributed by atoms with E-state index in [-0.39, 0.29) is 6.03 Å². The third-order valence-electron chi connectivity index (χ3n) is 2.53. The van der Waals surface area contributed by atoms with Crippen LogP contribution in [0.1, 0.15) is 12.8 Å². The molecule has 0 radical (unpaired) electrons. The smallest absolute Gasteiger partial charge is 0.314 e. The van der Waals surface area contributed by atoms with Gasteiger partial charge in [-0.1, -0.05) is 0 Å². The normalized spacial score (nSPS) is 24.3. The van der Waals surface area contributed by atoms with Crippen molar-refractivity contribution < 1.29 is 4.79 Å². The second-order valence-corrected chi connectivity index (χ2v) is 3.50. The van der Waals surface area contributed by atoms with Gasteiger partial charge in [-0.15, -0.1) is 0 Å². The zero-order valence-electron chi connectivity index (χ0n) is 7.79. The molecule has 1 saturated heterocycles. The van der Waals surface area contributed by atoms with Gasteiger partial charge in [-0.3, -0.25) is 0 Å². The minimum Gasteiger partial charge on any atom is -0.351 e. The van der Waals surface area contributed by atoms with Crippen molar-refractivity contribution in [3.05, 3.63) is 0 Å². The summed E-state index contributed by atoms with van der Waals surface area (Å²) < 4.78 is 0. The number of likely N-dealkylation sites (N-methyl/N-ethyl adjacent to an activating group) is 2. The van der Waals surface area contributed by atoms with E-state index in [9.17, 15) is 4.79 Å². The second-order valence-electron chi connectivity index (χ2n) is 3.50. The van der Waals surface area contributed by atoms with Crippen LogP contribution >= 0.6 is 0 Å². The maximum absolute atomic E-state index is 10.7. The van der Waals surface area contributed by atoms with Gasteiger partial charge in [0.15, 0.2) is 0 Å². The lowest BCUT2D eigenvalue weighted by Crippen LogP contribution is -2.41. The van der Waals surface area contributed by atoms with Gasteiger partial charge in [0, 0.05) is 19.6 Å². The molecule has 0 aliphatic carbocycles. The first-order valence-corrected chi connectivity index (χ1v) is 4.32. The molecule has 12 heavy (non-hydrogen) atoms. The summed E-state index contributed by atoms with van der Waals surface area (Å²) >= 11 is 0. The number of carbonyl (C=O) groups excluding carboxylic acids is 1. The molecule has 4 heteroatoms. The largest absolute Gasteiger partial charge is 0.351 e. The molecule has 0 aromatic rings. The Hall–Kier alpha value is -0.770. The van der Waals surface area contributed by atoms with Crippen LogP contribution in [0.3, 0.4) is 0 Å². The lowest BCUT2D eigenvalue weighted by Gasteiger charge is -2.24. The summed E-state index contributed by atoms with van der Waals surface area (Å²) in [5, 5.41) is 0. The van der Waals surface area contributed by atoms with Crippen LogP contribution in [-0.2, 0) is 0 Å². The lowest BCUT2D eigenvalue weighted by atomic mass is 10.2. The van der Waals surface area contributed by atoms with Crippen molar-refractivity contribution in [3.63, 3.8) is 0 Å². The predicted molar refractivity (Wildman–Crippen MR) is 47.9 cm³/mol. The number of primary amides is 1. The topological polar surface area (TPSA) is 49.6 Å². The van der Waals surface area contributed by atoms with E-state index in [1.165, 1.54) is 12.8 Å². The van der Waals surface area contributed by atoms with Gasteiger partial charge >= 0.3 is 6.03 Å². The lowest BCUT2D eigenvalue weighted by molar-refractivity contribution is 0.197. The molecule has 1 heterocycles. The van der Waals surface area contributed by atoms with Gasteiger partial charge in [-0.2, -0.15) is 0 Å². The Morgan fingerprint density at radius 3 is 2.83 bits per heavy atom. The average Bonchev–Trinajstić information content (AvgIpc) is 2.36.